The molecule has 0 spiro atoms. The van der Waals surface area contributed by atoms with Crippen molar-refractivity contribution in [2.45, 2.75) is 63.5 Å². The van der Waals surface area contributed by atoms with Crippen LogP contribution in [0.5, 0.6) is 0 Å². The van der Waals surface area contributed by atoms with Crippen molar-refractivity contribution in [1.82, 2.24) is 10.2 Å². The lowest BCUT2D eigenvalue weighted by molar-refractivity contribution is -0.137. The maximum absolute atomic E-state index is 13.3. The number of carbonyl (C=O) groups excluding carboxylic acids is 1. The highest BCUT2D eigenvalue weighted by atomic mass is 19.4. The molecule has 0 radical (unpaired) electrons. The molecule has 160 valence electrons. The van der Waals surface area contributed by atoms with Crippen molar-refractivity contribution in [3.63, 3.8) is 0 Å². The third kappa shape index (κ3) is 4.38. The minimum Gasteiger partial charge on any atom is -0.348 e. The number of benzene rings is 2. The van der Waals surface area contributed by atoms with Crippen LogP contribution in [0.3, 0.4) is 0 Å². The molecule has 0 aromatic heterocycles. The van der Waals surface area contributed by atoms with E-state index in [0.29, 0.717) is 18.5 Å². The molecule has 30 heavy (non-hydrogen) atoms. The molecule has 3 aliphatic rings. The van der Waals surface area contributed by atoms with Crippen LogP contribution in [-0.4, -0.2) is 22.9 Å². The van der Waals surface area contributed by atoms with Gasteiger partial charge < -0.3 is 5.32 Å². The first-order valence-electron chi connectivity index (χ1n) is 10.6. The average Bonchev–Trinajstić information content (AvgIpc) is 2.75. The topological polar surface area (TPSA) is 32.3 Å². The van der Waals surface area contributed by atoms with Gasteiger partial charge in [-0.1, -0.05) is 42.5 Å². The molecule has 5 rings (SSSR count). The van der Waals surface area contributed by atoms with Crippen LogP contribution in [0.4, 0.5) is 13.2 Å². The Bertz CT molecular complexity index is 858. The fourth-order valence-corrected chi connectivity index (χ4v) is 4.97. The molecule has 2 bridgehead atoms. The standard InChI is InChI=1S/C24H27F3N2O/c1-16(18-5-3-2-4-6-18)28-23(30)22-19-9-13-21(14-10-19)29(22)15-17-7-11-20(12-8-17)24(25,26)27/h2-8,11-12,16,19,21-22H,9-10,13-15H2,1H3,(H,28,30)/t16-,19?,21?,22?/m0/s1. The van der Waals surface area contributed by atoms with Crippen molar-refractivity contribution < 1.29 is 18.0 Å². The Balaban J connectivity index is 1.50. The number of fused-ring (bicyclic) bond motifs is 3. The van der Waals surface area contributed by atoms with E-state index in [2.05, 4.69) is 10.2 Å². The van der Waals surface area contributed by atoms with Gasteiger partial charge in [-0.25, -0.2) is 0 Å². The quantitative estimate of drug-likeness (QED) is 0.715. The van der Waals surface area contributed by atoms with Crippen molar-refractivity contribution in [3.05, 3.63) is 71.3 Å². The van der Waals surface area contributed by atoms with Crippen LogP contribution < -0.4 is 5.32 Å². The maximum Gasteiger partial charge on any atom is 0.416 e. The molecule has 1 saturated carbocycles. The van der Waals surface area contributed by atoms with E-state index in [9.17, 15) is 18.0 Å². The molecular formula is C24H27F3N2O. The van der Waals surface area contributed by atoms with Crippen LogP contribution in [0.2, 0.25) is 0 Å². The van der Waals surface area contributed by atoms with Crippen LogP contribution in [0, 0.1) is 5.92 Å². The third-order valence-electron chi connectivity index (χ3n) is 6.59. The smallest absolute Gasteiger partial charge is 0.348 e. The SMILES string of the molecule is C[C@H](NC(=O)C1C2CCC(CC2)N1Cc1ccc(C(F)(F)F)cc1)c1ccccc1. The number of carbonyl (C=O) groups is 1. The van der Waals surface area contributed by atoms with E-state index in [1.807, 2.05) is 37.3 Å². The fourth-order valence-electron chi connectivity index (χ4n) is 4.97. The lowest BCUT2D eigenvalue weighted by Crippen LogP contribution is -2.60. The van der Waals surface area contributed by atoms with Crippen molar-refractivity contribution in [2.75, 3.05) is 0 Å². The number of nitrogens with one attached hydrogen (secondary N) is 1. The number of hydrogen-bond acceptors (Lipinski definition) is 2. The Kier molecular flexibility index (Phi) is 5.87. The van der Waals surface area contributed by atoms with E-state index in [-0.39, 0.29) is 18.0 Å². The van der Waals surface area contributed by atoms with E-state index in [0.717, 1.165) is 48.9 Å². The Morgan fingerprint density at radius 3 is 2.27 bits per heavy atom. The van der Waals surface area contributed by atoms with Gasteiger partial charge in [-0.05, 0) is 61.8 Å². The molecule has 1 aliphatic carbocycles. The predicted molar refractivity (Wildman–Crippen MR) is 110 cm³/mol. The van der Waals surface area contributed by atoms with Crippen LogP contribution in [-0.2, 0) is 17.5 Å². The highest BCUT2D eigenvalue weighted by Crippen LogP contribution is 2.41. The molecule has 2 aromatic rings. The molecule has 1 N–H and O–H groups in total. The predicted octanol–water partition coefficient (Wildman–Crippen LogP) is 5.33. The number of alkyl halides is 3. The molecule has 3 nitrogen and oxygen atoms in total. The minimum absolute atomic E-state index is 0.0210. The molecule has 2 atom stereocenters. The van der Waals surface area contributed by atoms with Gasteiger partial charge in [0.05, 0.1) is 17.6 Å². The summed E-state index contributed by atoms with van der Waals surface area (Å²) < 4.78 is 38.6. The van der Waals surface area contributed by atoms with Gasteiger partial charge in [0, 0.05) is 12.6 Å². The zero-order valence-electron chi connectivity index (χ0n) is 17.0. The van der Waals surface area contributed by atoms with Gasteiger partial charge in [0.2, 0.25) is 5.91 Å². The second kappa shape index (κ2) is 8.42. The van der Waals surface area contributed by atoms with E-state index in [1.54, 1.807) is 0 Å². The summed E-state index contributed by atoms with van der Waals surface area (Å²) in [6.45, 7) is 2.48. The van der Waals surface area contributed by atoms with Crippen molar-refractivity contribution >= 4 is 5.91 Å². The molecule has 2 heterocycles. The summed E-state index contributed by atoms with van der Waals surface area (Å²) in [6, 6.07) is 15.2. The molecule has 6 heteroatoms. The van der Waals surface area contributed by atoms with Crippen molar-refractivity contribution in [2.24, 2.45) is 5.92 Å². The second-order valence-corrected chi connectivity index (χ2v) is 8.52. The molecule has 1 unspecified atom stereocenters. The van der Waals surface area contributed by atoms with Gasteiger partial charge in [0.25, 0.3) is 0 Å². The minimum atomic E-state index is -4.33. The van der Waals surface area contributed by atoms with E-state index >= 15 is 0 Å². The summed E-state index contributed by atoms with van der Waals surface area (Å²) in [5.74, 6) is 0.320. The van der Waals surface area contributed by atoms with Gasteiger partial charge in [-0.2, -0.15) is 13.2 Å². The average molecular weight is 416 g/mol. The molecule has 2 aliphatic heterocycles. The lowest BCUT2D eigenvalue weighted by Gasteiger charge is -2.50. The normalized spacial score (nSPS) is 25.1. The van der Waals surface area contributed by atoms with Gasteiger partial charge in [0.1, 0.15) is 0 Å². The van der Waals surface area contributed by atoms with Crippen LogP contribution >= 0.6 is 0 Å². The molecule has 2 saturated heterocycles. The number of hydrogen-bond donors (Lipinski definition) is 1. The Morgan fingerprint density at radius 2 is 1.67 bits per heavy atom. The first-order valence-corrected chi connectivity index (χ1v) is 10.6. The van der Waals surface area contributed by atoms with Gasteiger partial charge in [-0.3, -0.25) is 9.69 Å². The number of piperidine rings is 2. The Morgan fingerprint density at radius 1 is 1.03 bits per heavy atom. The van der Waals surface area contributed by atoms with Gasteiger partial charge >= 0.3 is 6.18 Å². The van der Waals surface area contributed by atoms with E-state index in [1.165, 1.54) is 12.1 Å². The maximum atomic E-state index is 13.3. The molecule has 2 aromatic carbocycles. The summed E-state index contributed by atoms with van der Waals surface area (Å²) in [5, 5.41) is 3.17. The van der Waals surface area contributed by atoms with E-state index < -0.39 is 11.7 Å². The zero-order valence-corrected chi connectivity index (χ0v) is 17.0. The van der Waals surface area contributed by atoms with Crippen molar-refractivity contribution in [1.29, 1.82) is 0 Å². The fraction of sp³-hybridized carbons (Fsp3) is 0.458. The summed E-state index contributed by atoms with van der Waals surface area (Å²) in [7, 11) is 0. The molecule has 3 fully saturated rings. The third-order valence-corrected chi connectivity index (χ3v) is 6.59. The Hall–Kier alpha value is -2.34. The summed E-state index contributed by atoms with van der Waals surface area (Å²) in [4.78, 5) is 15.5. The van der Waals surface area contributed by atoms with Crippen LogP contribution in [0.1, 0.15) is 55.3 Å². The summed E-state index contributed by atoms with van der Waals surface area (Å²) in [6.07, 6.45) is -0.177. The number of nitrogens with zero attached hydrogens (tertiary/aromatic N) is 1. The largest absolute Gasteiger partial charge is 0.416 e. The van der Waals surface area contributed by atoms with Crippen LogP contribution in [0.25, 0.3) is 0 Å². The second-order valence-electron chi connectivity index (χ2n) is 8.52. The summed E-state index contributed by atoms with van der Waals surface area (Å²) >= 11 is 0. The van der Waals surface area contributed by atoms with Gasteiger partial charge in [-0.15, -0.1) is 0 Å². The number of rotatable bonds is 5. The number of halogens is 3. The van der Waals surface area contributed by atoms with Crippen molar-refractivity contribution in [3.8, 4) is 0 Å². The highest BCUT2D eigenvalue weighted by molar-refractivity contribution is 5.83. The van der Waals surface area contributed by atoms with Gasteiger partial charge in [0.15, 0.2) is 0 Å². The molecular weight excluding hydrogens is 389 g/mol. The van der Waals surface area contributed by atoms with E-state index in [4.69, 9.17) is 0 Å². The lowest BCUT2D eigenvalue weighted by atomic mass is 9.74. The molecule has 1 amide bonds. The monoisotopic (exact) mass is 416 g/mol. The zero-order chi connectivity index (χ0) is 21.3. The first-order chi connectivity index (χ1) is 14.3. The highest BCUT2D eigenvalue weighted by Gasteiger charge is 2.45. The van der Waals surface area contributed by atoms with Crippen LogP contribution in [0.15, 0.2) is 54.6 Å². The first kappa shape index (κ1) is 20.9. The number of amides is 1. The Labute approximate surface area is 175 Å². The summed E-state index contributed by atoms with van der Waals surface area (Å²) in [5.41, 5.74) is 1.22.